The molecule has 2 heteroatoms. The third kappa shape index (κ3) is 1.10. The van der Waals surface area contributed by atoms with Gasteiger partial charge in [-0.2, -0.15) is 0 Å². The van der Waals surface area contributed by atoms with Crippen LogP contribution >= 0.6 is 0 Å². The number of hydrogen-bond donors (Lipinski definition) is 0. The van der Waals surface area contributed by atoms with Crippen molar-refractivity contribution >= 4 is 0 Å². The fraction of sp³-hybridized carbons (Fsp3) is 0.167. The van der Waals surface area contributed by atoms with E-state index in [1.165, 1.54) is 0 Å². The Hall–Kier alpha value is -0.760. The molecule has 8 heavy (non-hydrogen) atoms. The zero-order valence-electron chi connectivity index (χ0n) is 4.52. The SMILES string of the molecule is C=CCO[C]1OC1=C. The largest absolute Gasteiger partial charge is 0.447 e. The molecule has 0 aromatic rings. The van der Waals surface area contributed by atoms with Crippen molar-refractivity contribution in [2.24, 2.45) is 0 Å². The second-order valence-corrected chi connectivity index (χ2v) is 1.41. The smallest absolute Gasteiger partial charge is 0.345 e. The Labute approximate surface area is 48.4 Å². The molecule has 0 aromatic carbocycles. The highest BCUT2D eigenvalue weighted by atomic mass is 16.8. The molecule has 1 rings (SSSR count). The molecule has 0 atom stereocenters. The summed E-state index contributed by atoms with van der Waals surface area (Å²) < 4.78 is 9.56. The maximum Gasteiger partial charge on any atom is 0.345 e. The van der Waals surface area contributed by atoms with Gasteiger partial charge in [0.25, 0.3) is 0 Å². The lowest BCUT2D eigenvalue weighted by molar-refractivity contribution is 0.153. The van der Waals surface area contributed by atoms with Crippen LogP contribution in [-0.4, -0.2) is 6.61 Å². The molecule has 1 fully saturated rings. The highest BCUT2D eigenvalue weighted by molar-refractivity contribution is 5.17. The molecular formula is C6H7O2. The monoisotopic (exact) mass is 111 g/mol. The minimum absolute atomic E-state index is 0.494. The molecule has 43 valence electrons. The minimum Gasteiger partial charge on any atom is -0.447 e. The van der Waals surface area contributed by atoms with Gasteiger partial charge in [-0.3, -0.25) is 0 Å². The number of rotatable bonds is 3. The van der Waals surface area contributed by atoms with E-state index in [0.29, 0.717) is 18.7 Å². The first-order valence-electron chi connectivity index (χ1n) is 2.32. The van der Waals surface area contributed by atoms with E-state index in [1.54, 1.807) is 6.08 Å². The second kappa shape index (κ2) is 2.01. The average molecular weight is 111 g/mol. The van der Waals surface area contributed by atoms with Gasteiger partial charge in [0, 0.05) is 0 Å². The molecule has 0 amide bonds. The van der Waals surface area contributed by atoms with E-state index >= 15 is 0 Å². The van der Waals surface area contributed by atoms with Gasteiger partial charge >= 0.3 is 6.29 Å². The van der Waals surface area contributed by atoms with Crippen molar-refractivity contribution in [3.05, 3.63) is 31.3 Å². The summed E-state index contributed by atoms with van der Waals surface area (Å²) in [5, 5.41) is 0. The zero-order chi connectivity index (χ0) is 5.98. The molecule has 0 saturated carbocycles. The first kappa shape index (κ1) is 5.38. The first-order valence-corrected chi connectivity index (χ1v) is 2.32. The van der Waals surface area contributed by atoms with Gasteiger partial charge in [0.2, 0.25) is 0 Å². The summed E-state index contributed by atoms with van der Waals surface area (Å²) in [7, 11) is 0. The molecule has 0 bridgehead atoms. The predicted molar refractivity (Wildman–Crippen MR) is 29.6 cm³/mol. The zero-order valence-corrected chi connectivity index (χ0v) is 4.52. The third-order valence-corrected chi connectivity index (χ3v) is 0.734. The molecular weight excluding hydrogens is 104 g/mol. The summed E-state index contributed by atoms with van der Waals surface area (Å²) in [6, 6.07) is 0. The predicted octanol–water partition coefficient (Wildman–Crippen LogP) is 1.22. The lowest BCUT2D eigenvalue weighted by Crippen LogP contribution is -1.84. The number of ether oxygens (including phenoxy) is 2. The Kier molecular flexibility index (Phi) is 1.35. The van der Waals surface area contributed by atoms with E-state index in [-0.39, 0.29) is 0 Å². The molecule has 0 spiro atoms. The highest BCUT2D eigenvalue weighted by Gasteiger charge is 2.34. The van der Waals surface area contributed by atoms with Gasteiger partial charge in [-0.05, 0) is 0 Å². The van der Waals surface area contributed by atoms with E-state index in [2.05, 4.69) is 17.9 Å². The van der Waals surface area contributed by atoms with Crippen LogP contribution in [0.1, 0.15) is 0 Å². The van der Waals surface area contributed by atoms with Crippen LogP contribution in [0, 0.1) is 6.29 Å². The Balaban J connectivity index is 2.05. The highest BCUT2D eigenvalue weighted by Crippen LogP contribution is 2.33. The molecule has 1 heterocycles. The van der Waals surface area contributed by atoms with Crippen LogP contribution in [-0.2, 0) is 9.47 Å². The Bertz CT molecular complexity index is 118. The lowest BCUT2D eigenvalue weighted by Gasteiger charge is -1.84. The van der Waals surface area contributed by atoms with Crippen molar-refractivity contribution in [2.75, 3.05) is 6.61 Å². The van der Waals surface area contributed by atoms with Crippen molar-refractivity contribution in [3.63, 3.8) is 0 Å². The molecule has 2 nitrogen and oxygen atoms in total. The van der Waals surface area contributed by atoms with Crippen LogP contribution in [0.5, 0.6) is 0 Å². The second-order valence-electron chi connectivity index (χ2n) is 1.41. The molecule has 1 aliphatic heterocycles. The van der Waals surface area contributed by atoms with E-state index in [0.717, 1.165) is 0 Å². The average Bonchev–Trinajstić information content (AvgIpc) is 2.42. The summed E-state index contributed by atoms with van der Waals surface area (Å²) >= 11 is 0. The lowest BCUT2D eigenvalue weighted by atomic mass is 10.6. The van der Waals surface area contributed by atoms with Crippen molar-refractivity contribution in [3.8, 4) is 0 Å². The van der Waals surface area contributed by atoms with Crippen LogP contribution in [0.3, 0.4) is 0 Å². The molecule has 1 saturated heterocycles. The standard InChI is InChI=1S/C6H7O2/c1-3-4-7-6-5(2)8-6/h3H,1-2,4H2. The van der Waals surface area contributed by atoms with E-state index in [9.17, 15) is 0 Å². The molecule has 0 unspecified atom stereocenters. The summed E-state index contributed by atoms with van der Waals surface area (Å²) in [5.41, 5.74) is 0. The molecule has 1 radical (unpaired) electrons. The molecule has 1 aliphatic rings. The van der Waals surface area contributed by atoms with Gasteiger partial charge in [0.05, 0.1) is 6.61 Å². The Morgan fingerprint density at radius 2 is 2.38 bits per heavy atom. The van der Waals surface area contributed by atoms with Crippen LogP contribution in [0.2, 0.25) is 0 Å². The Morgan fingerprint density at radius 3 is 2.75 bits per heavy atom. The third-order valence-electron chi connectivity index (χ3n) is 0.734. The summed E-state index contributed by atoms with van der Waals surface area (Å²) in [5.74, 6) is 0.631. The quantitative estimate of drug-likeness (QED) is 0.403. The fourth-order valence-electron chi connectivity index (χ4n) is 0.331. The van der Waals surface area contributed by atoms with E-state index in [4.69, 9.17) is 4.74 Å². The minimum atomic E-state index is 0.494. The summed E-state index contributed by atoms with van der Waals surface area (Å²) in [4.78, 5) is 0. The van der Waals surface area contributed by atoms with Crippen molar-refractivity contribution < 1.29 is 9.47 Å². The van der Waals surface area contributed by atoms with Crippen molar-refractivity contribution in [2.45, 2.75) is 0 Å². The normalized spacial score (nSPS) is 17.8. The Morgan fingerprint density at radius 1 is 1.75 bits per heavy atom. The first-order chi connectivity index (χ1) is 3.84. The van der Waals surface area contributed by atoms with Crippen molar-refractivity contribution in [1.29, 1.82) is 0 Å². The van der Waals surface area contributed by atoms with E-state index in [1.807, 2.05) is 0 Å². The van der Waals surface area contributed by atoms with Crippen LogP contribution < -0.4 is 0 Å². The summed E-state index contributed by atoms with van der Waals surface area (Å²) in [6.45, 7) is 7.44. The van der Waals surface area contributed by atoms with Gasteiger partial charge < -0.3 is 9.47 Å². The fourth-order valence-corrected chi connectivity index (χ4v) is 0.331. The van der Waals surface area contributed by atoms with Crippen LogP contribution in [0.25, 0.3) is 0 Å². The molecule has 0 aromatic heterocycles. The molecule has 0 aliphatic carbocycles. The maximum absolute atomic E-state index is 4.89. The van der Waals surface area contributed by atoms with Gasteiger partial charge in [0.1, 0.15) is 0 Å². The van der Waals surface area contributed by atoms with Gasteiger partial charge in [-0.1, -0.05) is 12.7 Å². The molecule has 0 N–H and O–H groups in total. The van der Waals surface area contributed by atoms with Crippen LogP contribution in [0.4, 0.5) is 0 Å². The van der Waals surface area contributed by atoms with E-state index < -0.39 is 0 Å². The van der Waals surface area contributed by atoms with Gasteiger partial charge in [-0.25, -0.2) is 0 Å². The van der Waals surface area contributed by atoms with Crippen LogP contribution in [0.15, 0.2) is 25.0 Å². The topological polar surface area (TPSA) is 21.8 Å². The maximum atomic E-state index is 4.89. The van der Waals surface area contributed by atoms with Gasteiger partial charge in [0.15, 0.2) is 5.76 Å². The van der Waals surface area contributed by atoms with Gasteiger partial charge in [-0.15, -0.1) is 6.58 Å². The number of hydrogen-bond acceptors (Lipinski definition) is 2. The summed E-state index contributed by atoms with van der Waals surface area (Å²) in [6.07, 6.45) is 2.20. The van der Waals surface area contributed by atoms with Crippen molar-refractivity contribution in [1.82, 2.24) is 0 Å². The number of epoxide rings is 1.